The number of piperidine rings is 1. The second-order valence-corrected chi connectivity index (χ2v) is 7.51. The molecular formula is C13H17ClN4O2S. The van der Waals surface area contributed by atoms with Crippen LogP contribution in [0.5, 0.6) is 0 Å². The molecule has 0 atom stereocenters. The van der Waals surface area contributed by atoms with E-state index in [0.29, 0.717) is 36.4 Å². The van der Waals surface area contributed by atoms with E-state index in [4.69, 9.17) is 16.9 Å². The van der Waals surface area contributed by atoms with Crippen LogP contribution in [0.25, 0.3) is 0 Å². The summed E-state index contributed by atoms with van der Waals surface area (Å²) >= 11 is 5.83. The van der Waals surface area contributed by atoms with Crippen LogP contribution in [0.2, 0.25) is 5.02 Å². The molecule has 6 nitrogen and oxygen atoms in total. The molecule has 0 radical (unpaired) electrons. The summed E-state index contributed by atoms with van der Waals surface area (Å²) < 4.78 is 24.4. The van der Waals surface area contributed by atoms with E-state index < -0.39 is 10.0 Å². The van der Waals surface area contributed by atoms with Gasteiger partial charge in [0.2, 0.25) is 10.0 Å². The SMILES string of the molecule is CS(=O)(=O)N1CCC(CNc2ccc(Cl)c(C#N)n2)CC1. The first kappa shape index (κ1) is 16.0. The van der Waals surface area contributed by atoms with E-state index in [-0.39, 0.29) is 5.69 Å². The van der Waals surface area contributed by atoms with E-state index in [1.54, 1.807) is 12.1 Å². The molecule has 2 rings (SSSR count). The number of hydrogen-bond acceptors (Lipinski definition) is 5. The van der Waals surface area contributed by atoms with Crippen molar-refractivity contribution < 1.29 is 8.42 Å². The summed E-state index contributed by atoms with van der Waals surface area (Å²) in [6.45, 7) is 1.82. The largest absolute Gasteiger partial charge is 0.370 e. The highest BCUT2D eigenvalue weighted by Gasteiger charge is 2.24. The lowest BCUT2D eigenvalue weighted by molar-refractivity contribution is 0.283. The maximum Gasteiger partial charge on any atom is 0.211 e. The summed E-state index contributed by atoms with van der Waals surface area (Å²) in [5, 5.41) is 12.4. The number of nitrogens with zero attached hydrogens (tertiary/aromatic N) is 3. The van der Waals surface area contributed by atoms with Crippen LogP contribution < -0.4 is 5.32 Å². The summed E-state index contributed by atoms with van der Waals surface area (Å²) in [7, 11) is -3.08. The van der Waals surface area contributed by atoms with Crippen LogP contribution in [0.4, 0.5) is 5.82 Å². The Hall–Kier alpha value is -1.36. The van der Waals surface area contributed by atoms with Gasteiger partial charge in [-0.25, -0.2) is 17.7 Å². The number of aromatic nitrogens is 1. The molecule has 8 heteroatoms. The molecule has 0 aromatic carbocycles. The Balaban J connectivity index is 1.87. The smallest absolute Gasteiger partial charge is 0.211 e. The highest BCUT2D eigenvalue weighted by atomic mass is 35.5. The van der Waals surface area contributed by atoms with E-state index in [0.717, 1.165) is 12.8 Å². The van der Waals surface area contributed by atoms with Crippen molar-refractivity contribution in [2.45, 2.75) is 12.8 Å². The van der Waals surface area contributed by atoms with Gasteiger partial charge in [-0.1, -0.05) is 11.6 Å². The van der Waals surface area contributed by atoms with Gasteiger partial charge in [-0.3, -0.25) is 0 Å². The molecule has 0 aliphatic carbocycles. The van der Waals surface area contributed by atoms with Crippen LogP contribution in [0.15, 0.2) is 12.1 Å². The molecule has 1 N–H and O–H groups in total. The average molecular weight is 329 g/mol. The van der Waals surface area contributed by atoms with Crippen LogP contribution in [0.3, 0.4) is 0 Å². The van der Waals surface area contributed by atoms with E-state index in [2.05, 4.69) is 10.3 Å². The Morgan fingerprint density at radius 2 is 2.14 bits per heavy atom. The quantitative estimate of drug-likeness (QED) is 0.909. The third kappa shape index (κ3) is 4.30. The lowest BCUT2D eigenvalue weighted by atomic mass is 9.98. The predicted molar refractivity (Wildman–Crippen MR) is 81.6 cm³/mol. The monoisotopic (exact) mass is 328 g/mol. The molecule has 114 valence electrons. The number of anilines is 1. The second kappa shape index (κ2) is 6.60. The van der Waals surface area contributed by atoms with Gasteiger partial charge in [-0.15, -0.1) is 0 Å². The summed E-state index contributed by atoms with van der Waals surface area (Å²) in [5.41, 5.74) is 0.202. The van der Waals surface area contributed by atoms with Gasteiger partial charge >= 0.3 is 0 Å². The maximum absolute atomic E-state index is 11.4. The van der Waals surface area contributed by atoms with Crippen molar-refractivity contribution in [1.29, 1.82) is 5.26 Å². The number of nitriles is 1. The van der Waals surface area contributed by atoms with Crippen LogP contribution in [-0.4, -0.2) is 43.6 Å². The molecule has 0 amide bonds. The number of nitrogens with one attached hydrogen (secondary N) is 1. The van der Waals surface area contributed by atoms with Crippen LogP contribution >= 0.6 is 11.6 Å². The normalized spacial score (nSPS) is 17.4. The predicted octanol–water partition coefficient (Wildman–Crippen LogP) is 1.69. The van der Waals surface area contributed by atoms with Crippen molar-refractivity contribution >= 4 is 27.4 Å². The Morgan fingerprint density at radius 3 is 2.71 bits per heavy atom. The number of pyridine rings is 1. The Kier molecular flexibility index (Phi) is 5.04. The third-order valence-corrected chi connectivity index (χ3v) is 5.17. The van der Waals surface area contributed by atoms with Crippen molar-refractivity contribution in [3.8, 4) is 6.07 Å². The van der Waals surface area contributed by atoms with Gasteiger partial charge in [0.25, 0.3) is 0 Å². The van der Waals surface area contributed by atoms with Crippen LogP contribution in [-0.2, 0) is 10.0 Å². The zero-order valence-corrected chi connectivity index (χ0v) is 13.3. The number of sulfonamides is 1. The third-order valence-electron chi connectivity index (χ3n) is 3.57. The molecule has 2 heterocycles. The zero-order chi connectivity index (χ0) is 15.5. The molecular weight excluding hydrogens is 312 g/mol. The first-order valence-corrected chi connectivity index (χ1v) is 8.88. The van der Waals surface area contributed by atoms with Gasteiger partial charge in [0, 0.05) is 19.6 Å². The minimum absolute atomic E-state index is 0.202. The number of hydrogen-bond donors (Lipinski definition) is 1. The highest BCUT2D eigenvalue weighted by Crippen LogP contribution is 2.20. The number of halogens is 1. The van der Waals surface area contributed by atoms with Gasteiger partial charge in [-0.2, -0.15) is 5.26 Å². The molecule has 0 spiro atoms. The van der Waals surface area contributed by atoms with Crippen molar-refractivity contribution in [3.05, 3.63) is 22.8 Å². The van der Waals surface area contributed by atoms with Crippen molar-refractivity contribution in [3.63, 3.8) is 0 Å². The minimum Gasteiger partial charge on any atom is -0.370 e. The second-order valence-electron chi connectivity index (χ2n) is 5.13. The molecule has 1 aliphatic rings. The molecule has 0 unspecified atom stereocenters. The minimum atomic E-state index is -3.08. The standard InChI is InChI=1S/C13H17ClN4O2S/c1-21(19,20)18-6-4-10(5-7-18)9-16-13-3-2-11(14)12(8-15)17-13/h2-3,10H,4-7,9H2,1H3,(H,16,17). The van der Waals surface area contributed by atoms with Gasteiger partial charge in [-0.05, 0) is 30.9 Å². The first-order chi connectivity index (χ1) is 9.90. The van der Waals surface area contributed by atoms with Crippen molar-refractivity contribution in [1.82, 2.24) is 9.29 Å². The summed E-state index contributed by atoms with van der Waals surface area (Å²) in [4.78, 5) is 4.12. The number of rotatable bonds is 4. The van der Waals surface area contributed by atoms with E-state index in [1.807, 2.05) is 6.07 Å². The van der Waals surface area contributed by atoms with Gasteiger partial charge in [0.1, 0.15) is 11.9 Å². The molecule has 1 fully saturated rings. The highest BCUT2D eigenvalue weighted by molar-refractivity contribution is 7.88. The van der Waals surface area contributed by atoms with E-state index >= 15 is 0 Å². The van der Waals surface area contributed by atoms with Gasteiger partial charge in [0.15, 0.2) is 5.69 Å². The Bertz CT molecular complexity index is 649. The van der Waals surface area contributed by atoms with Gasteiger partial charge in [0.05, 0.1) is 11.3 Å². The lowest BCUT2D eigenvalue weighted by Gasteiger charge is -2.30. The van der Waals surface area contributed by atoms with Crippen LogP contribution in [0.1, 0.15) is 18.5 Å². The zero-order valence-electron chi connectivity index (χ0n) is 11.7. The topological polar surface area (TPSA) is 86.1 Å². The Labute approximate surface area is 129 Å². The molecule has 1 saturated heterocycles. The fourth-order valence-electron chi connectivity index (χ4n) is 2.31. The summed E-state index contributed by atoms with van der Waals surface area (Å²) in [6.07, 6.45) is 2.88. The van der Waals surface area contributed by atoms with Crippen molar-refractivity contribution in [2.24, 2.45) is 5.92 Å². The van der Waals surface area contributed by atoms with E-state index in [9.17, 15) is 8.42 Å². The fraction of sp³-hybridized carbons (Fsp3) is 0.538. The van der Waals surface area contributed by atoms with Crippen molar-refractivity contribution in [2.75, 3.05) is 31.2 Å². The van der Waals surface area contributed by atoms with Gasteiger partial charge < -0.3 is 5.32 Å². The molecule has 1 aromatic rings. The summed E-state index contributed by atoms with van der Waals surface area (Å²) in [5.74, 6) is 1.01. The molecule has 0 saturated carbocycles. The fourth-order valence-corrected chi connectivity index (χ4v) is 3.33. The first-order valence-electron chi connectivity index (χ1n) is 6.66. The Morgan fingerprint density at radius 1 is 1.48 bits per heavy atom. The maximum atomic E-state index is 11.4. The molecule has 1 aromatic heterocycles. The average Bonchev–Trinajstić information content (AvgIpc) is 2.46. The molecule has 21 heavy (non-hydrogen) atoms. The van der Waals surface area contributed by atoms with E-state index in [1.165, 1.54) is 10.6 Å². The van der Waals surface area contributed by atoms with Crippen LogP contribution in [0, 0.1) is 17.2 Å². The lowest BCUT2D eigenvalue weighted by Crippen LogP contribution is -2.39. The summed E-state index contributed by atoms with van der Waals surface area (Å²) in [6, 6.07) is 5.31. The molecule has 0 bridgehead atoms. The molecule has 1 aliphatic heterocycles.